The third-order valence-corrected chi connectivity index (χ3v) is 7.07. The molecule has 1 aliphatic carbocycles. The van der Waals surface area contributed by atoms with Crippen LogP contribution in [0.3, 0.4) is 0 Å². The van der Waals surface area contributed by atoms with E-state index in [0.717, 1.165) is 22.9 Å². The van der Waals surface area contributed by atoms with Crippen LogP contribution in [0.2, 0.25) is 0 Å². The molecule has 0 amide bonds. The minimum absolute atomic E-state index is 0.0292. The number of alkyl halides is 3. The number of benzene rings is 2. The Labute approximate surface area is 217 Å². The molecule has 9 nitrogen and oxygen atoms in total. The quantitative estimate of drug-likeness (QED) is 0.290. The zero-order chi connectivity index (χ0) is 28.4. The Kier molecular flexibility index (Phi) is 6.11. The van der Waals surface area contributed by atoms with Crippen molar-refractivity contribution in [2.45, 2.75) is 32.0 Å². The van der Waals surface area contributed by atoms with Gasteiger partial charge in [-0.2, -0.15) is 13.2 Å². The number of carbonyl (C=O) groups excluding carboxylic acids is 1. The van der Waals surface area contributed by atoms with Crippen LogP contribution in [0.1, 0.15) is 46.4 Å². The van der Waals surface area contributed by atoms with Crippen molar-refractivity contribution in [1.82, 2.24) is 18.3 Å². The zero-order valence-electron chi connectivity index (χ0n) is 21.0. The van der Waals surface area contributed by atoms with Crippen LogP contribution >= 0.6 is 0 Å². The normalized spacial score (nSPS) is 15.1. The maximum atomic E-state index is 15.4. The Hall–Kier alpha value is -4.42. The van der Waals surface area contributed by atoms with E-state index in [1.54, 1.807) is 0 Å². The Morgan fingerprint density at radius 1 is 1.05 bits per heavy atom. The second-order valence-corrected chi connectivity index (χ2v) is 9.21. The van der Waals surface area contributed by atoms with Gasteiger partial charge in [0.15, 0.2) is 0 Å². The zero-order valence-corrected chi connectivity index (χ0v) is 21.0. The average molecular weight is 546 g/mol. The van der Waals surface area contributed by atoms with Crippen LogP contribution in [0.4, 0.5) is 17.6 Å². The lowest BCUT2D eigenvalue weighted by atomic mass is 10.0. The van der Waals surface area contributed by atoms with Gasteiger partial charge in [-0.1, -0.05) is 12.1 Å². The topological polar surface area (TPSA) is 97.2 Å². The predicted molar refractivity (Wildman–Crippen MR) is 132 cm³/mol. The van der Waals surface area contributed by atoms with Gasteiger partial charge in [-0.3, -0.25) is 23.1 Å². The lowest BCUT2D eigenvalue weighted by molar-refractivity contribution is -0.138. The summed E-state index contributed by atoms with van der Waals surface area (Å²) >= 11 is 0. The van der Waals surface area contributed by atoms with Crippen molar-refractivity contribution in [3.05, 3.63) is 95.9 Å². The molecule has 0 N–H and O–H groups in total. The summed E-state index contributed by atoms with van der Waals surface area (Å²) in [7, 11) is 2.90. The van der Waals surface area contributed by atoms with E-state index in [9.17, 15) is 32.3 Å². The van der Waals surface area contributed by atoms with Gasteiger partial charge in [0, 0.05) is 26.4 Å². The van der Waals surface area contributed by atoms with E-state index >= 15 is 4.39 Å². The predicted octanol–water partition coefficient (Wildman–Crippen LogP) is 3.06. The van der Waals surface area contributed by atoms with Crippen molar-refractivity contribution < 1.29 is 27.1 Å². The van der Waals surface area contributed by atoms with E-state index in [1.807, 2.05) is 0 Å². The van der Waals surface area contributed by atoms with Gasteiger partial charge in [-0.25, -0.2) is 18.8 Å². The van der Waals surface area contributed by atoms with E-state index in [4.69, 9.17) is 4.74 Å². The molecule has 2 aromatic carbocycles. The SMILES string of the molecule is CCOC(=O)c1cn(-c2cc3c(cc2F)n(C)c(=O)n3C)c(=O)n([C@@H]2CCc3c2cccc3C(F)(F)F)c1=O. The fourth-order valence-electron chi connectivity index (χ4n) is 5.23. The number of nitrogens with zero attached hydrogens (tertiary/aromatic N) is 4. The number of halogens is 4. The number of fused-ring (bicyclic) bond motifs is 2. The van der Waals surface area contributed by atoms with Crippen molar-refractivity contribution in [3.8, 4) is 5.69 Å². The molecule has 0 saturated heterocycles. The third kappa shape index (κ3) is 3.99. The van der Waals surface area contributed by atoms with Gasteiger partial charge in [-0.15, -0.1) is 0 Å². The lowest BCUT2D eigenvalue weighted by Crippen LogP contribution is -2.44. The van der Waals surface area contributed by atoms with Gasteiger partial charge in [0.1, 0.15) is 11.4 Å². The Morgan fingerprint density at radius 2 is 1.72 bits per heavy atom. The van der Waals surface area contributed by atoms with Crippen molar-refractivity contribution in [2.75, 3.05) is 6.61 Å². The highest BCUT2D eigenvalue weighted by atomic mass is 19.4. The van der Waals surface area contributed by atoms with E-state index in [2.05, 4.69) is 0 Å². The number of ether oxygens (including phenoxy) is 1. The number of aromatic nitrogens is 4. The number of carbonyl (C=O) groups is 1. The molecule has 1 atom stereocenters. The number of hydrogen-bond donors (Lipinski definition) is 0. The van der Waals surface area contributed by atoms with Crippen LogP contribution in [-0.4, -0.2) is 30.8 Å². The van der Waals surface area contributed by atoms with E-state index < -0.39 is 52.1 Å². The van der Waals surface area contributed by atoms with Gasteiger partial charge in [0.2, 0.25) is 0 Å². The summed E-state index contributed by atoms with van der Waals surface area (Å²) in [5.74, 6) is -2.02. The summed E-state index contributed by atoms with van der Waals surface area (Å²) in [6.45, 7) is 1.40. The van der Waals surface area contributed by atoms with Gasteiger partial charge >= 0.3 is 23.5 Å². The molecule has 0 aliphatic heterocycles. The molecule has 5 rings (SSSR count). The number of rotatable bonds is 4. The highest BCUT2D eigenvalue weighted by Crippen LogP contribution is 2.41. The Balaban J connectivity index is 1.81. The maximum absolute atomic E-state index is 15.4. The molecule has 0 fully saturated rings. The molecule has 39 heavy (non-hydrogen) atoms. The van der Waals surface area contributed by atoms with E-state index in [-0.39, 0.29) is 47.3 Å². The van der Waals surface area contributed by atoms with Crippen molar-refractivity contribution >= 4 is 17.0 Å². The smallest absolute Gasteiger partial charge is 0.416 e. The first-order chi connectivity index (χ1) is 18.4. The van der Waals surface area contributed by atoms with Crippen LogP contribution in [0, 0.1) is 5.82 Å². The second-order valence-electron chi connectivity index (χ2n) is 9.21. The summed E-state index contributed by atoms with van der Waals surface area (Å²) < 4.78 is 65.2. The molecule has 4 aromatic rings. The first-order valence-electron chi connectivity index (χ1n) is 12.0. The van der Waals surface area contributed by atoms with Gasteiger partial charge in [0.25, 0.3) is 5.56 Å². The number of esters is 1. The third-order valence-electron chi connectivity index (χ3n) is 7.07. The van der Waals surface area contributed by atoms with Crippen LogP contribution in [0.15, 0.2) is 50.9 Å². The number of hydrogen-bond acceptors (Lipinski definition) is 5. The molecule has 0 spiro atoms. The Morgan fingerprint density at radius 3 is 2.36 bits per heavy atom. The minimum Gasteiger partial charge on any atom is -0.462 e. The largest absolute Gasteiger partial charge is 0.462 e. The maximum Gasteiger partial charge on any atom is 0.416 e. The van der Waals surface area contributed by atoms with E-state index in [0.29, 0.717) is 4.57 Å². The highest BCUT2D eigenvalue weighted by molar-refractivity contribution is 5.88. The van der Waals surface area contributed by atoms with E-state index in [1.165, 1.54) is 48.4 Å². The molecular formula is C26H22F4N4O5. The van der Waals surface area contributed by atoms with Crippen LogP contribution in [0.25, 0.3) is 16.7 Å². The number of imidazole rings is 1. The van der Waals surface area contributed by atoms with Crippen molar-refractivity contribution in [3.63, 3.8) is 0 Å². The van der Waals surface area contributed by atoms with Crippen molar-refractivity contribution in [2.24, 2.45) is 14.1 Å². The number of aryl methyl sites for hydroxylation is 2. The van der Waals surface area contributed by atoms with Crippen LogP contribution < -0.4 is 16.9 Å². The first-order valence-corrected chi connectivity index (χ1v) is 12.0. The monoisotopic (exact) mass is 546 g/mol. The molecule has 0 bridgehead atoms. The summed E-state index contributed by atoms with van der Waals surface area (Å²) in [5.41, 5.74) is -3.87. The molecule has 0 unspecified atom stereocenters. The summed E-state index contributed by atoms with van der Waals surface area (Å²) in [4.78, 5) is 52.3. The van der Waals surface area contributed by atoms with Crippen LogP contribution in [-0.2, 0) is 31.4 Å². The molecule has 0 saturated carbocycles. The fraction of sp³-hybridized carbons (Fsp3) is 0.308. The standard InChI is InChI=1S/C26H22F4N4O5/c1-4-39-23(36)15-12-33(19-11-21-20(10-17(19)27)31(2)24(37)32(21)3)25(38)34(22(15)35)18-9-8-13-14(18)6-5-7-16(13)26(28,29)30/h5-7,10-12,18H,4,8-9H2,1-3H3/t18-/m1/s1. The summed E-state index contributed by atoms with van der Waals surface area (Å²) in [6.07, 6.45) is -3.90. The van der Waals surface area contributed by atoms with Gasteiger partial charge in [-0.05, 0) is 43.0 Å². The average Bonchev–Trinajstić information content (AvgIpc) is 3.39. The second kappa shape index (κ2) is 9.10. The Bertz CT molecular complexity index is 1840. The summed E-state index contributed by atoms with van der Waals surface area (Å²) in [6, 6.07) is 4.62. The lowest BCUT2D eigenvalue weighted by Gasteiger charge is -2.19. The molecule has 1 aliphatic rings. The molecule has 13 heteroatoms. The molecule has 2 aromatic heterocycles. The van der Waals surface area contributed by atoms with Crippen molar-refractivity contribution in [1.29, 1.82) is 0 Å². The molecule has 0 radical (unpaired) electrons. The minimum atomic E-state index is -4.65. The molecular weight excluding hydrogens is 524 g/mol. The molecule has 204 valence electrons. The summed E-state index contributed by atoms with van der Waals surface area (Å²) in [5, 5.41) is 0. The van der Waals surface area contributed by atoms with Crippen LogP contribution in [0.5, 0.6) is 0 Å². The molecule has 2 heterocycles. The first kappa shape index (κ1) is 26.2. The van der Waals surface area contributed by atoms with Gasteiger partial charge < -0.3 is 4.74 Å². The van der Waals surface area contributed by atoms with Gasteiger partial charge in [0.05, 0.1) is 34.9 Å². The fourth-order valence-corrected chi connectivity index (χ4v) is 5.23. The highest BCUT2D eigenvalue weighted by Gasteiger charge is 2.39.